The number of urea groups is 1. The van der Waals surface area contributed by atoms with Crippen molar-refractivity contribution in [3.63, 3.8) is 0 Å². The summed E-state index contributed by atoms with van der Waals surface area (Å²) in [5.41, 5.74) is 0.955. The summed E-state index contributed by atoms with van der Waals surface area (Å²) in [6, 6.07) is 13.6. The van der Waals surface area contributed by atoms with Crippen LogP contribution in [0.15, 0.2) is 48.5 Å². The second-order valence-electron chi connectivity index (χ2n) is 5.69. The Morgan fingerprint density at radius 3 is 2.69 bits per heavy atom. The third-order valence-electron chi connectivity index (χ3n) is 3.68. The van der Waals surface area contributed by atoms with Gasteiger partial charge in [-0.1, -0.05) is 12.1 Å². The fraction of sp³-hybridized carbons (Fsp3) is 0.263. The zero-order valence-corrected chi connectivity index (χ0v) is 15.0. The van der Waals surface area contributed by atoms with Gasteiger partial charge in [0, 0.05) is 6.54 Å². The maximum Gasteiger partial charge on any atom is 0.315 e. The molecule has 0 aliphatic rings. The molecular formula is C19H20FN3O2S. The molecule has 136 valence electrons. The van der Waals surface area contributed by atoms with Crippen molar-refractivity contribution in [2.75, 3.05) is 13.2 Å². The number of para-hydroxylation sites is 1. The van der Waals surface area contributed by atoms with Gasteiger partial charge < -0.3 is 15.4 Å². The highest BCUT2D eigenvalue weighted by Crippen LogP contribution is 2.21. The van der Waals surface area contributed by atoms with Gasteiger partial charge >= 0.3 is 6.03 Å². The average molecular weight is 373 g/mol. The van der Waals surface area contributed by atoms with Crippen molar-refractivity contribution in [1.29, 1.82) is 0 Å². The zero-order chi connectivity index (χ0) is 18.2. The molecule has 0 aliphatic carbocycles. The predicted molar refractivity (Wildman–Crippen MR) is 101 cm³/mol. The van der Waals surface area contributed by atoms with E-state index in [1.165, 1.54) is 12.1 Å². The first-order chi connectivity index (χ1) is 12.7. The van der Waals surface area contributed by atoms with Crippen LogP contribution in [0.2, 0.25) is 0 Å². The van der Waals surface area contributed by atoms with Crippen molar-refractivity contribution < 1.29 is 13.9 Å². The van der Waals surface area contributed by atoms with E-state index in [-0.39, 0.29) is 11.8 Å². The van der Waals surface area contributed by atoms with Crippen LogP contribution in [-0.4, -0.2) is 24.2 Å². The lowest BCUT2D eigenvalue weighted by molar-refractivity contribution is 0.239. The van der Waals surface area contributed by atoms with Crippen molar-refractivity contribution in [3.8, 4) is 5.75 Å². The van der Waals surface area contributed by atoms with Gasteiger partial charge in [0.25, 0.3) is 0 Å². The van der Waals surface area contributed by atoms with Crippen LogP contribution in [0.3, 0.4) is 0 Å². The van der Waals surface area contributed by atoms with Crippen LogP contribution in [-0.2, 0) is 6.54 Å². The zero-order valence-electron chi connectivity index (χ0n) is 14.2. The fourth-order valence-corrected chi connectivity index (χ4v) is 3.27. The van der Waals surface area contributed by atoms with Gasteiger partial charge in [-0.05, 0) is 49.2 Å². The highest BCUT2D eigenvalue weighted by Gasteiger charge is 2.05. The minimum atomic E-state index is -0.279. The van der Waals surface area contributed by atoms with E-state index < -0.39 is 0 Å². The third-order valence-corrected chi connectivity index (χ3v) is 4.71. The van der Waals surface area contributed by atoms with Crippen LogP contribution in [0.4, 0.5) is 9.18 Å². The first kappa shape index (κ1) is 18.1. The lowest BCUT2D eigenvalue weighted by Crippen LogP contribution is -2.35. The highest BCUT2D eigenvalue weighted by atomic mass is 32.1. The molecule has 3 aromatic rings. The Hall–Kier alpha value is -2.67. The van der Waals surface area contributed by atoms with E-state index in [0.29, 0.717) is 25.4 Å². The number of fused-ring (bicyclic) bond motifs is 1. The Bertz CT molecular complexity index is 818. The molecule has 0 aliphatic heterocycles. The Morgan fingerprint density at radius 1 is 1.08 bits per heavy atom. The van der Waals surface area contributed by atoms with Crippen molar-refractivity contribution >= 4 is 27.6 Å². The number of halogens is 1. The van der Waals surface area contributed by atoms with Crippen molar-refractivity contribution in [3.05, 3.63) is 59.4 Å². The van der Waals surface area contributed by atoms with Gasteiger partial charge in [0.15, 0.2) is 0 Å². The summed E-state index contributed by atoms with van der Waals surface area (Å²) in [5.74, 6) is 0.367. The normalized spacial score (nSPS) is 10.7. The molecule has 7 heteroatoms. The molecule has 0 spiro atoms. The summed E-state index contributed by atoms with van der Waals surface area (Å²) in [5, 5.41) is 6.51. The number of aromatic nitrogens is 1. The van der Waals surface area contributed by atoms with Gasteiger partial charge in [0.2, 0.25) is 0 Å². The first-order valence-corrected chi connectivity index (χ1v) is 9.27. The smallest absolute Gasteiger partial charge is 0.315 e. The van der Waals surface area contributed by atoms with Crippen molar-refractivity contribution in [2.45, 2.75) is 19.4 Å². The molecule has 2 aromatic carbocycles. The molecule has 1 aromatic heterocycles. The molecule has 0 bridgehead atoms. The third kappa shape index (κ3) is 5.42. The number of ether oxygens (including phenoxy) is 1. The highest BCUT2D eigenvalue weighted by molar-refractivity contribution is 7.18. The molecule has 0 atom stereocenters. The van der Waals surface area contributed by atoms with Crippen LogP contribution >= 0.6 is 11.3 Å². The Labute approximate surface area is 155 Å². The van der Waals surface area contributed by atoms with Crippen molar-refractivity contribution in [1.82, 2.24) is 15.6 Å². The molecule has 26 heavy (non-hydrogen) atoms. The van der Waals surface area contributed by atoms with Crippen LogP contribution < -0.4 is 15.4 Å². The number of hydrogen-bond donors (Lipinski definition) is 2. The van der Waals surface area contributed by atoms with E-state index in [1.807, 2.05) is 24.3 Å². The number of unbranched alkanes of at least 4 members (excludes halogenated alkanes) is 1. The second kappa shape index (κ2) is 9.15. The number of hydrogen-bond acceptors (Lipinski definition) is 4. The minimum Gasteiger partial charge on any atom is -0.494 e. The number of nitrogens with zero attached hydrogens (tertiary/aromatic N) is 1. The summed E-state index contributed by atoms with van der Waals surface area (Å²) in [6.07, 6.45) is 1.60. The van der Waals surface area contributed by atoms with E-state index in [9.17, 15) is 9.18 Å². The van der Waals surface area contributed by atoms with Gasteiger partial charge in [-0.25, -0.2) is 14.2 Å². The van der Waals surface area contributed by atoms with E-state index in [0.717, 1.165) is 28.1 Å². The maximum absolute atomic E-state index is 12.8. The minimum absolute atomic E-state index is 0.205. The predicted octanol–water partition coefficient (Wildman–Crippen LogP) is 4.09. The molecule has 1 heterocycles. The summed E-state index contributed by atoms with van der Waals surface area (Å²) < 4.78 is 19.4. The average Bonchev–Trinajstić information content (AvgIpc) is 3.07. The number of thiazole rings is 1. The second-order valence-corrected chi connectivity index (χ2v) is 6.81. The Balaban J connectivity index is 1.27. The van der Waals surface area contributed by atoms with Gasteiger partial charge in [-0.3, -0.25) is 0 Å². The largest absolute Gasteiger partial charge is 0.494 e. The SMILES string of the molecule is O=C(NCCCCOc1ccc(F)cc1)NCc1nc2ccccc2s1. The molecule has 0 fully saturated rings. The summed E-state index contributed by atoms with van der Waals surface area (Å²) in [6.45, 7) is 1.51. The summed E-state index contributed by atoms with van der Waals surface area (Å²) >= 11 is 1.58. The van der Waals surface area contributed by atoms with Gasteiger partial charge in [-0.15, -0.1) is 11.3 Å². The monoisotopic (exact) mass is 373 g/mol. The van der Waals surface area contributed by atoms with Gasteiger partial charge in [0.05, 0.1) is 23.4 Å². The van der Waals surface area contributed by atoms with Gasteiger partial charge in [0.1, 0.15) is 16.6 Å². The number of amides is 2. The summed E-state index contributed by atoms with van der Waals surface area (Å²) in [7, 11) is 0. The Kier molecular flexibility index (Phi) is 6.38. The molecule has 3 rings (SSSR count). The van der Waals surface area contributed by atoms with Crippen LogP contribution in [0.5, 0.6) is 5.75 Å². The van der Waals surface area contributed by atoms with E-state index in [1.54, 1.807) is 23.5 Å². The van der Waals surface area contributed by atoms with E-state index in [2.05, 4.69) is 15.6 Å². The maximum atomic E-state index is 12.8. The van der Waals surface area contributed by atoms with Gasteiger partial charge in [-0.2, -0.15) is 0 Å². The summed E-state index contributed by atoms with van der Waals surface area (Å²) in [4.78, 5) is 16.3. The van der Waals surface area contributed by atoms with E-state index >= 15 is 0 Å². The quantitative estimate of drug-likeness (QED) is 0.585. The fourth-order valence-electron chi connectivity index (χ4n) is 2.36. The molecule has 0 unspecified atom stereocenters. The van der Waals surface area contributed by atoms with Crippen LogP contribution in [0.1, 0.15) is 17.8 Å². The number of carbonyl (C=O) groups excluding carboxylic acids is 1. The number of benzene rings is 2. The van der Waals surface area contributed by atoms with Crippen molar-refractivity contribution in [2.24, 2.45) is 0 Å². The lowest BCUT2D eigenvalue weighted by Gasteiger charge is -2.07. The van der Waals surface area contributed by atoms with Crippen LogP contribution in [0, 0.1) is 5.82 Å². The molecule has 0 radical (unpaired) electrons. The molecule has 2 N–H and O–H groups in total. The molecule has 2 amide bonds. The number of rotatable bonds is 8. The number of nitrogens with one attached hydrogen (secondary N) is 2. The van der Waals surface area contributed by atoms with E-state index in [4.69, 9.17) is 4.74 Å². The molecular weight excluding hydrogens is 353 g/mol. The molecule has 0 saturated carbocycles. The topological polar surface area (TPSA) is 63.2 Å². The number of carbonyl (C=O) groups is 1. The van der Waals surface area contributed by atoms with Crippen LogP contribution in [0.25, 0.3) is 10.2 Å². The standard InChI is InChI=1S/C19H20FN3O2S/c20-14-7-9-15(10-8-14)25-12-4-3-11-21-19(24)22-13-18-23-16-5-1-2-6-17(16)26-18/h1-2,5-10H,3-4,11-13H2,(H2,21,22,24). The lowest BCUT2D eigenvalue weighted by atomic mass is 10.3. The molecule has 0 saturated heterocycles. The first-order valence-electron chi connectivity index (χ1n) is 8.45. The Morgan fingerprint density at radius 2 is 1.88 bits per heavy atom. The molecule has 5 nitrogen and oxygen atoms in total.